The number of rotatable bonds is 8. The molecule has 2 atom stereocenters. The second kappa shape index (κ2) is 10.9. The molecule has 5 N–H and O–H groups in total. The Hall–Kier alpha value is -3.06. The summed E-state index contributed by atoms with van der Waals surface area (Å²) < 4.78 is 10.7. The van der Waals surface area contributed by atoms with Crippen LogP contribution in [-0.4, -0.2) is 70.9 Å². The molecule has 1 saturated heterocycles. The zero-order chi connectivity index (χ0) is 27.5. The highest BCUT2D eigenvalue weighted by molar-refractivity contribution is 7.14. The minimum absolute atomic E-state index is 0.0891. The lowest BCUT2D eigenvalue weighted by Crippen LogP contribution is -2.71. The van der Waals surface area contributed by atoms with Crippen LogP contribution in [-0.2, 0) is 23.9 Å². The van der Waals surface area contributed by atoms with Crippen molar-refractivity contribution < 1.29 is 28.7 Å². The monoisotopic (exact) mass is 524 g/mol. The van der Waals surface area contributed by atoms with Crippen LogP contribution in [0.15, 0.2) is 10.4 Å². The number of anilines is 1. The maximum absolute atomic E-state index is 13.2. The fourth-order valence-electron chi connectivity index (χ4n) is 2.87. The number of thiazole rings is 1. The number of ether oxygens (including phenoxy) is 2. The Morgan fingerprint density at radius 1 is 1.11 bits per heavy atom. The molecular weight excluding hydrogens is 488 g/mol. The molecule has 36 heavy (non-hydrogen) atoms. The summed E-state index contributed by atoms with van der Waals surface area (Å²) in [7, 11) is 0. The normalized spacial score (nSPS) is 18.6. The van der Waals surface area contributed by atoms with Crippen LogP contribution >= 0.6 is 11.3 Å². The molecule has 0 saturated carbocycles. The van der Waals surface area contributed by atoms with Crippen molar-refractivity contribution in [1.82, 2.24) is 15.6 Å². The van der Waals surface area contributed by atoms with Gasteiger partial charge in [0.05, 0.1) is 18.0 Å². The first-order valence-corrected chi connectivity index (χ1v) is 12.3. The average Bonchev–Trinajstić information content (AvgIpc) is 3.15. The van der Waals surface area contributed by atoms with Crippen LogP contribution in [0.25, 0.3) is 0 Å². The molecule has 0 aromatic carbocycles. The van der Waals surface area contributed by atoms with Crippen molar-refractivity contribution in [1.29, 1.82) is 0 Å². The number of nitrogens with zero attached hydrogens (tertiary/aromatic N) is 2. The third kappa shape index (κ3) is 8.26. The molecule has 2 heterocycles. The second-order valence-electron chi connectivity index (χ2n) is 11.0. The van der Waals surface area contributed by atoms with Crippen molar-refractivity contribution in [2.24, 2.45) is 16.1 Å². The molecule has 2 rings (SSSR count). The molecule has 1 fully saturated rings. The lowest BCUT2D eigenvalue weighted by molar-refractivity contribution is -0.165. The number of aliphatic imine (C=N–C) groups is 1. The zero-order valence-corrected chi connectivity index (χ0v) is 22.8. The van der Waals surface area contributed by atoms with Crippen LogP contribution in [0.1, 0.15) is 61.1 Å². The van der Waals surface area contributed by atoms with Crippen molar-refractivity contribution >= 4 is 46.1 Å². The van der Waals surface area contributed by atoms with E-state index in [-0.39, 0.29) is 35.5 Å². The number of aromatic nitrogens is 1. The van der Waals surface area contributed by atoms with Gasteiger partial charge >= 0.3 is 12.1 Å². The van der Waals surface area contributed by atoms with Crippen molar-refractivity contribution in [3.63, 3.8) is 0 Å². The Morgan fingerprint density at radius 3 is 2.25 bits per heavy atom. The topological polar surface area (TPSA) is 174 Å². The standard InChI is InChI=1S/C23H36N6O6S/c1-21(2,3)34-18(32)23(7,8)11-25-14(16(30)28-15-12(9-24)26-17(15)31)13-10-36-19(27-13)29-20(33)35-22(4,5)6/h10,12,15H,9,11,24H2,1-8H3,(H,26,31)(H,28,30)(H,27,29,33)/t12-,15+/m1/s1. The molecule has 13 heteroatoms. The van der Waals surface area contributed by atoms with E-state index in [0.717, 1.165) is 11.3 Å². The summed E-state index contributed by atoms with van der Waals surface area (Å²) in [4.78, 5) is 58.5. The van der Waals surface area contributed by atoms with Gasteiger partial charge in [-0.2, -0.15) is 0 Å². The predicted molar refractivity (Wildman–Crippen MR) is 136 cm³/mol. The molecule has 1 aliphatic heterocycles. The summed E-state index contributed by atoms with van der Waals surface area (Å²) in [5.74, 6) is -1.51. The zero-order valence-electron chi connectivity index (χ0n) is 22.0. The number of esters is 1. The van der Waals surface area contributed by atoms with Gasteiger partial charge in [-0.05, 0) is 55.4 Å². The van der Waals surface area contributed by atoms with E-state index in [0.29, 0.717) is 0 Å². The third-order valence-electron chi connectivity index (χ3n) is 4.71. The highest BCUT2D eigenvalue weighted by Gasteiger charge is 2.40. The Morgan fingerprint density at radius 2 is 1.72 bits per heavy atom. The van der Waals surface area contributed by atoms with Gasteiger partial charge in [0.25, 0.3) is 5.91 Å². The fraction of sp³-hybridized carbons (Fsp3) is 0.652. The van der Waals surface area contributed by atoms with Crippen LogP contribution in [0.2, 0.25) is 0 Å². The number of β-lactam (4-membered cyclic amide) rings is 1. The van der Waals surface area contributed by atoms with Gasteiger partial charge in [0.1, 0.15) is 28.6 Å². The van der Waals surface area contributed by atoms with E-state index < -0.39 is 46.7 Å². The lowest BCUT2D eigenvalue weighted by atomic mass is 9.93. The first-order chi connectivity index (χ1) is 16.4. The van der Waals surface area contributed by atoms with E-state index in [1.807, 2.05) is 0 Å². The van der Waals surface area contributed by atoms with Gasteiger partial charge in [-0.15, -0.1) is 11.3 Å². The third-order valence-corrected chi connectivity index (χ3v) is 5.46. The molecule has 0 radical (unpaired) electrons. The molecule has 1 aromatic heterocycles. The highest BCUT2D eigenvalue weighted by Crippen LogP contribution is 2.23. The number of amides is 3. The van der Waals surface area contributed by atoms with Crippen molar-refractivity contribution in [2.75, 3.05) is 18.4 Å². The molecule has 1 aromatic rings. The number of nitrogens with two attached hydrogens (primary N) is 1. The van der Waals surface area contributed by atoms with Crippen LogP contribution < -0.4 is 21.7 Å². The van der Waals surface area contributed by atoms with Crippen LogP contribution in [0, 0.1) is 5.41 Å². The van der Waals surface area contributed by atoms with Gasteiger partial charge in [-0.1, -0.05) is 0 Å². The first-order valence-electron chi connectivity index (χ1n) is 11.5. The summed E-state index contributed by atoms with van der Waals surface area (Å²) in [5.41, 5.74) is 3.24. The highest BCUT2D eigenvalue weighted by atomic mass is 32.1. The first kappa shape index (κ1) is 29.2. The quantitative estimate of drug-likeness (QED) is 0.225. The van der Waals surface area contributed by atoms with Crippen molar-refractivity contribution in [2.45, 2.75) is 78.7 Å². The van der Waals surface area contributed by atoms with Crippen molar-refractivity contribution in [3.05, 3.63) is 11.1 Å². The number of carbonyl (C=O) groups is 4. The maximum atomic E-state index is 13.2. The molecule has 0 bridgehead atoms. The molecule has 12 nitrogen and oxygen atoms in total. The molecule has 0 aliphatic carbocycles. The lowest BCUT2D eigenvalue weighted by Gasteiger charge is -2.36. The molecule has 3 amide bonds. The molecular formula is C23H36N6O6S. The van der Waals surface area contributed by atoms with Gasteiger partial charge in [0.15, 0.2) is 5.13 Å². The number of hydrogen-bond donors (Lipinski definition) is 4. The number of carbonyl (C=O) groups excluding carboxylic acids is 4. The average molecular weight is 525 g/mol. The maximum Gasteiger partial charge on any atom is 0.413 e. The van der Waals surface area contributed by atoms with Crippen LogP contribution in [0.5, 0.6) is 0 Å². The van der Waals surface area contributed by atoms with E-state index in [1.165, 1.54) is 5.38 Å². The Kier molecular flexibility index (Phi) is 8.84. The van der Waals surface area contributed by atoms with E-state index in [1.54, 1.807) is 55.4 Å². The van der Waals surface area contributed by atoms with E-state index in [2.05, 4.69) is 25.9 Å². The Labute approximate surface area is 214 Å². The van der Waals surface area contributed by atoms with Gasteiger partial charge in [-0.25, -0.2) is 9.78 Å². The van der Waals surface area contributed by atoms with E-state index in [4.69, 9.17) is 15.2 Å². The molecule has 1 aliphatic rings. The molecule has 0 spiro atoms. The van der Waals surface area contributed by atoms with E-state index >= 15 is 0 Å². The minimum atomic E-state index is -1.06. The summed E-state index contributed by atoms with van der Waals surface area (Å²) in [6, 6.07) is -1.22. The summed E-state index contributed by atoms with van der Waals surface area (Å²) in [6.45, 7) is 13.8. The minimum Gasteiger partial charge on any atom is -0.460 e. The summed E-state index contributed by atoms with van der Waals surface area (Å²) >= 11 is 1.07. The van der Waals surface area contributed by atoms with Crippen molar-refractivity contribution in [3.8, 4) is 0 Å². The Bertz CT molecular complexity index is 1040. The molecule has 200 valence electrons. The molecule has 0 unspecified atom stereocenters. The van der Waals surface area contributed by atoms with E-state index in [9.17, 15) is 19.2 Å². The van der Waals surface area contributed by atoms with Gasteiger partial charge < -0.3 is 25.8 Å². The number of nitrogens with one attached hydrogen (secondary N) is 3. The van der Waals surface area contributed by atoms with Crippen LogP contribution in [0.3, 0.4) is 0 Å². The predicted octanol–water partition coefficient (Wildman–Crippen LogP) is 1.59. The second-order valence-corrected chi connectivity index (χ2v) is 11.9. The summed E-state index contributed by atoms with van der Waals surface area (Å²) in [5, 5.41) is 9.48. The fourth-order valence-corrected chi connectivity index (χ4v) is 3.55. The Balaban J connectivity index is 2.30. The number of hydrogen-bond acceptors (Lipinski definition) is 10. The van der Waals surface area contributed by atoms with Crippen LogP contribution in [0.4, 0.5) is 9.93 Å². The smallest absolute Gasteiger partial charge is 0.413 e. The van der Waals surface area contributed by atoms with Gasteiger partial charge in [0, 0.05) is 11.9 Å². The van der Waals surface area contributed by atoms with Gasteiger partial charge in [0.2, 0.25) is 5.91 Å². The van der Waals surface area contributed by atoms with Gasteiger partial charge in [-0.3, -0.25) is 24.7 Å². The largest absolute Gasteiger partial charge is 0.460 e. The SMILES string of the molecule is CC(C)(C)OC(=O)Nc1nc(C(=NCC(C)(C)C(=O)OC(C)(C)C)C(=O)N[C@@H]2C(=O)N[C@@H]2CN)cs1. The summed E-state index contributed by atoms with van der Waals surface area (Å²) in [6.07, 6.45) is -0.700.